The number of ketones is 1. The zero-order chi connectivity index (χ0) is 18.9. The largest absolute Gasteiger partial charge is 0.454 e. The number of ether oxygens (including phenoxy) is 2. The van der Waals surface area contributed by atoms with Gasteiger partial charge in [0.05, 0.1) is 12.1 Å². The van der Waals surface area contributed by atoms with E-state index >= 15 is 0 Å². The lowest BCUT2D eigenvalue weighted by Gasteiger charge is -2.17. The van der Waals surface area contributed by atoms with Crippen molar-refractivity contribution in [1.29, 1.82) is 0 Å². The lowest BCUT2D eigenvalue weighted by Crippen LogP contribution is -2.17. The van der Waals surface area contributed by atoms with Crippen LogP contribution in [0.25, 0.3) is 11.1 Å². The first-order valence-electron chi connectivity index (χ1n) is 9.43. The van der Waals surface area contributed by atoms with Gasteiger partial charge in [0.25, 0.3) is 0 Å². The molecule has 4 heteroatoms. The molecule has 0 aliphatic carbocycles. The van der Waals surface area contributed by atoms with E-state index in [1.807, 2.05) is 54.6 Å². The maximum absolute atomic E-state index is 12.9. The highest BCUT2D eigenvalue weighted by Crippen LogP contribution is 2.36. The SMILES string of the molecule is O=C(CC1=NCCc2cc3c(cc21)OCO3)c1ccc(-c2ccccc2)cc1. The molecule has 0 fully saturated rings. The number of hydrogen-bond acceptors (Lipinski definition) is 4. The van der Waals surface area contributed by atoms with Gasteiger partial charge in [-0.25, -0.2) is 0 Å². The smallest absolute Gasteiger partial charge is 0.231 e. The Hall–Kier alpha value is -3.40. The molecule has 0 amide bonds. The average Bonchev–Trinajstić information content (AvgIpc) is 3.21. The molecule has 2 aliphatic rings. The van der Waals surface area contributed by atoms with Crippen LogP contribution >= 0.6 is 0 Å². The molecule has 0 unspecified atom stereocenters. The summed E-state index contributed by atoms with van der Waals surface area (Å²) >= 11 is 0. The number of nitrogens with zero attached hydrogens (tertiary/aromatic N) is 1. The summed E-state index contributed by atoms with van der Waals surface area (Å²) in [7, 11) is 0. The number of benzene rings is 3. The molecule has 0 atom stereocenters. The monoisotopic (exact) mass is 369 g/mol. The molecule has 2 heterocycles. The van der Waals surface area contributed by atoms with Crippen LogP contribution in [-0.2, 0) is 6.42 Å². The van der Waals surface area contributed by atoms with Crippen molar-refractivity contribution in [1.82, 2.24) is 0 Å². The number of fused-ring (bicyclic) bond motifs is 2. The second kappa shape index (κ2) is 6.97. The molecule has 3 aromatic carbocycles. The van der Waals surface area contributed by atoms with Crippen molar-refractivity contribution in [2.75, 3.05) is 13.3 Å². The van der Waals surface area contributed by atoms with Gasteiger partial charge in [0.2, 0.25) is 6.79 Å². The van der Waals surface area contributed by atoms with Gasteiger partial charge in [-0.3, -0.25) is 9.79 Å². The highest BCUT2D eigenvalue weighted by atomic mass is 16.7. The topological polar surface area (TPSA) is 47.9 Å². The lowest BCUT2D eigenvalue weighted by atomic mass is 9.92. The molecule has 0 N–H and O–H groups in total. The van der Waals surface area contributed by atoms with Crippen LogP contribution in [0.3, 0.4) is 0 Å². The summed E-state index contributed by atoms with van der Waals surface area (Å²) in [6.07, 6.45) is 1.15. The van der Waals surface area contributed by atoms with Crippen LogP contribution < -0.4 is 9.47 Å². The normalized spacial score (nSPS) is 14.4. The Morgan fingerprint density at radius 2 is 1.61 bits per heavy atom. The summed E-state index contributed by atoms with van der Waals surface area (Å²) in [6.45, 7) is 0.944. The van der Waals surface area contributed by atoms with Crippen molar-refractivity contribution < 1.29 is 14.3 Å². The van der Waals surface area contributed by atoms with Crippen LogP contribution in [0.5, 0.6) is 11.5 Å². The molecular formula is C24H19NO3. The number of carbonyl (C=O) groups excluding carboxylic acids is 1. The molecule has 4 nitrogen and oxygen atoms in total. The van der Waals surface area contributed by atoms with E-state index in [1.54, 1.807) is 0 Å². The van der Waals surface area contributed by atoms with Gasteiger partial charge >= 0.3 is 0 Å². The average molecular weight is 369 g/mol. The van der Waals surface area contributed by atoms with E-state index in [1.165, 1.54) is 5.56 Å². The van der Waals surface area contributed by atoms with Gasteiger partial charge in [0.1, 0.15) is 0 Å². The van der Waals surface area contributed by atoms with Gasteiger partial charge < -0.3 is 9.47 Å². The molecule has 0 spiro atoms. The fraction of sp³-hybridized carbons (Fsp3) is 0.167. The van der Waals surface area contributed by atoms with E-state index in [0.29, 0.717) is 12.1 Å². The highest BCUT2D eigenvalue weighted by molar-refractivity contribution is 6.17. The van der Waals surface area contributed by atoms with Gasteiger partial charge in [-0.15, -0.1) is 0 Å². The maximum Gasteiger partial charge on any atom is 0.231 e. The van der Waals surface area contributed by atoms with Crippen molar-refractivity contribution in [3.8, 4) is 22.6 Å². The maximum atomic E-state index is 12.9. The first-order chi connectivity index (χ1) is 13.8. The highest BCUT2D eigenvalue weighted by Gasteiger charge is 2.23. The number of hydrogen-bond donors (Lipinski definition) is 0. The summed E-state index contributed by atoms with van der Waals surface area (Å²) in [5.41, 5.74) is 5.95. The Kier molecular flexibility index (Phi) is 4.17. The van der Waals surface area contributed by atoms with Crippen molar-refractivity contribution in [2.45, 2.75) is 12.8 Å². The molecule has 0 aromatic heterocycles. The van der Waals surface area contributed by atoms with Gasteiger partial charge in [-0.2, -0.15) is 0 Å². The lowest BCUT2D eigenvalue weighted by molar-refractivity contribution is 0.100. The standard InChI is InChI=1S/C24H19NO3/c26-22(18-8-6-17(7-9-18)16-4-2-1-3-5-16)14-21-20-13-24-23(27-15-28-24)12-19(20)10-11-25-21/h1-9,12-13H,10-11,14-15H2. The van der Waals surface area contributed by atoms with E-state index in [-0.39, 0.29) is 19.0 Å². The molecule has 3 aromatic rings. The van der Waals surface area contributed by atoms with Crippen molar-refractivity contribution >= 4 is 11.5 Å². The summed E-state index contributed by atoms with van der Waals surface area (Å²) in [5.74, 6) is 1.58. The van der Waals surface area contributed by atoms with Crippen LogP contribution in [-0.4, -0.2) is 24.8 Å². The van der Waals surface area contributed by atoms with Crippen molar-refractivity contribution in [2.24, 2.45) is 4.99 Å². The van der Waals surface area contributed by atoms with E-state index in [4.69, 9.17) is 9.47 Å². The van der Waals surface area contributed by atoms with Crippen molar-refractivity contribution in [3.05, 3.63) is 83.4 Å². The molecule has 0 bridgehead atoms. The summed E-state index contributed by atoms with van der Waals surface area (Å²) in [4.78, 5) is 17.5. The first-order valence-corrected chi connectivity index (χ1v) is 9.43. The predicted octanol–water partition coefficient (Wildman–Crippen LogP) is 4.70. The molecular weight excluding hydrogens is 350 g/mol. The predicted molar refractivity (Wildman–Crippen MR) is 108 cm³/mol. The zero-order valence-corrected chi connectivity index (χ0v) is 15.4. The molecule has 138 valence electrons. The van der Waals surface area contributed by atoms with E-state index in [2.05, 4.69) is 17.1 Å². The Morgan fingerprint density at radius 3 is 2.39 bits per heavy atom. The fourth-order valence-corrected chi connectivity index (χ4v) is 3.74. The summed E-state index contributed by atoms with van der Waals surface area (Å²) in [5, 5.41) is 0. The molecule has 2 aliphatic heterocycles. The molecule has 28 heavy (non-hydrogen) atoms. The van der Waals surface area contributed by atoms with E-state index in [0.717, 1.165) is 40.3 Å². The van der Waals surface area contributed by atoms with Gasteiger partial charge in [0.15, 0.2) is 17.3 Å². The van der Waals surface area contributed by atoms with E-state index in [9.17, 15) is 4.79 Å². The Morgan fingerprint density at radius 1 is 0.893 bits per heavy atom. The molecule has 5 rings (SSSR count). The minimum Gasteiger partial charge on any atom is -0.454 e. The summed E-state index contributed by atoms with van der Waals surface area (Å²) in [6, 6.07) is 21.9. The third-order valence-corrected chi connectivity index (χ3v) is 5.24. The minimum absolute atomic E-state index is 0.0730. The van der Waals surface area contributed by atoms with Gasteiger partial charge in [0, 0.05) is 17.7 Å². The Balaban J connectivity index is 1.37. The van der Waals surface area contributed by atoms with E-state index < -0.39 is 0 Å². The minimum atomic E-state index is 0.0730. The second-order valence-electron chi connectivity index (χ2n) is 6.98. The number of aliphatic imine (C=N–C) groups is 1. The third-order valence-electron chi connectivity index (χ3n) is 5.24. The van der Waals surface area contributed by atoms with Gasteiger partial charge in [-0.1, -0.05) is 54.6 Å². The molecule has 0 saturated carbocycles. The van der Waals surface area contributed by atoms with Crippen molar-refractivity contribution in [3.63, 3.8) is 0 Å². The molecule has 0 radical (unpaired) electrons. The van der Waals surface area contributed by atoms with Crippen LogP contribution in [0.2, 0.25) is 0 Å². The quantitative estimate of drug-likeness (QED) is 0.626. The number of rotatable bonds is 4. The second-order valence-corrected chi connectivity index (χ2v) is 6.98. The van der Waals surface area contributed by atoms with Crippen LogP contribution in [0.4, 0.5) is 0 Å². The summed E-state index contributed by atoms with van der Waals surface area (Å²) < 4.78 is 11.0. The van der Waals surface area contributed by atoms with Crippen LogP contribution in [0, 0.1) is 0 Å². The zero-order valence-electron chi connectivity index (χ0n) is 15.4. The first kappa shape index (κ1) is 16.8. The van der Waals surface area contributed by atoms with Crippen LogP contribution in [0.15, 0.2) is 71.7 Å². The molecule has 0 saturated heterocycles. The Labute approximate surface area is 163 Å². The Bertz CT molecular complexity index is 1070. The van der Waals surface area contributed by atoms with Gasteiger partial charge in [-0.05, 0) is 35.2 Å². The van der Waals surface area contributed by atoms with Crippen LogP contribution in [0.1, 0.15) is 27.9 Å². The third kappa shape index (κ3) is 3.07. The number of carbonyl (C=O) groups is 1. The number of Topliss-reactive ketones (excluding diaryl/α,β-unsaturated/α-hetero) is 1. The fourth-order valence-electron chi connectivity index (χ4n) is 3.74.